The van der Waals surface area contributed by atoms with Gasteiger partial charge in [-0.15, -0.1) is 0 Å². The summed E-state index contributed by atoms with van der Waals surface area (Å²) in [6.45, 7) is 3.03. The molecule has 0 atom stereocenters. The minimum absolute atomic E-state index is 0.256. The molecule has 0 aliphatic carbocycles. The maximum absolute atomic E-state index is 12.5. The number of carbonyl (C=O) groups is 1. The number of nitrogens with zero attached hydrogens (tertiary/aromatic N) is 2. The minimum Gasteiger partial charge on any atom is -0.360 e. The van der Waals surface area contributed by atoms with Gasteiger partial charge < -0.3 is 9.84 Å². The minimum atomic E-state index is -0.425. The molecule has 0 fully saturated rings. The molecule has 0 saturated carbocycles. The third kappa shape index (κ3) is 3.11. The number of halogens is 2. The Morgan fingerprint density at radius 3 is 2.74 bits per heavy atom. The number of carbonyl (C=O) groups excluding carboxylic acids is 1. The van der Waals surface area contributed by atoms with Gasteiger partial charge in [0.25, 0.3) is 5.91 Å². The second kappa shape index (κ2) is 6.47. The van der Waals surface area contributed by atoms with E-state index in [2.05, 4.69) is 26.3 Å². The smallest absolute Gasteiger partial charge is 0.275 e. The molecule has 3 rings (SSSR count). The first-order valence-electron chi connectivity index (χ1n) is 6.83. The van der Waals surface area contributed by atoms with Gasteiger partial charge in [0.15, 0.2) is 0 Å². The van der Waals surface area contributed by atoms with Crippen molar-refractivity contribution < 1.29 is 9.32 Å². The second-order valence-corrected chi connectivity index (χ2v) is 5.61. The Labute approximate surface area is 142 Å². The van der Waals surface area contributed by atoms with Gasteiger partial charge in [-0.3, -0.25) is 20.6 Å². The van der Waals surface area contributed by atoms with Gasteiger partial charge in [-0.05, 0) is 19.1 Å². The van der Waals surface area contributed by atoms with Crippen LogP contribution in [0.1, 0.15) is 16.1 Å². The van der Waals surface area contributed by atoms with E-state index in [1.165, 1.54) is 0 Å². The molecular weight excluding hydrogens is 341 g/mol. The zero-order chi connectivity index (χ0) is 16.4. The van der Waals surface area contributed by atoms with E-state index < -0.39 is 5.91 Å². The molecule has 1 amide bonds. The van der Waals surface area contributed by atoms with Crippen molar-refractivity contribution in [1.82, 2.24) is 21.3 Å². The average Bonchev–Trinajstić information content (AvgIpc) is 3.15. The van der Waals surface area contributed by atoms with Crippen molar-refractivity contribution >= 4 is 35.1 Å². The monoisotopic (exact) mass is 353 g/mol. The lowest BCUT2D eigenvalue weighted by Crippen LogP contribution is -2.46. The van der Waals surface area contributed by atoms with Gasteiger partial charge in [-0.2, -0.15) is 0 Å². The summed E-state index contributed by atoms with van der Waals surface area (Å²) in [5.41, 5.74) is 6.26. The van der Waals surface area contributed by atoms with E-state index in [9.17, 15) is 4.79 Å². The van der Waals surface area contributed by atoms with Crippen LogP contribution < -0.4 is 16.2 Å². The van der Waals surface area contributed by atoms with Gasteiger partial charge in [-0.1, -0.05) is 34.4 Å². The molecule has 0 saturated heterocycles. The lowest BCUT2D eigenvalue weighted by atomic mass is 10.1. The number of aromatic nitrogens is 1. The molecule has 1 aromatic heterocycles. The number of amides is 1. The van der Waals surface area contributed by atoms with E-state index in [-0.39, 0.29) is 5.56 Å². The lowest BCUT2D eigenvalue weighted by molar-refractivity contribution is 0.0942. The largest absolute Gasteiger partial charge is 0.360 e. The SMILES string of the molecule is Cc1onc(-c2c(Cl)cccc2Cl)c1C(=O)NNC1=NCCN1. The summed E-state index contributed by atoms with van der Waals surface area (Å²) < 4.78 is 5.15. The zero-order valence-corrected chi connectivity index (χ0v) is 13.6. The van der Waals surface area contributed by atoms with Gasteiger partial charge in [0.05, 0.1) is 16.6 Å². The molecule has 7 nitrogen and oxygen atoms in total. The van der Waals surface area contributed by atoms with E-state index in [4.69, 9.17) is 27.7 Å². The predicted molar refractivity (Wildman–Crippen MR) is 87.6 cm³/mol. The lowest BCUT2D eigenvalue weighted by Gasteiger charge is -2.09. The van der Waals surface area contributed by atoms with E-state index >= 15 is 0 Å². The number of aryl methyl sites for hydroxylation is 1. The Hall–Kier alpha value is -2.25. The van der Waals surface area contributed by atoms with Gasteiger partial charge >= 0.3 is 0 Å². The highest BCUT2D eigenvalue weighted by molar-refractivity contribution is 6.39. The number of guanidine groups is 1. The number of aliphatic imine (C=N–C) groups is 1. The second-order valence-electron chi connectivity index (χ2n) is 4.80. The first-order chi connectivity index (χ1) is 11.1. The first kappa shape index (κ1) is 15.6. The molecule has 2 heterocycles. The molecule has 2 aromatic rings. The van der Waals surface area contributed by atoms with Crippen LogP contribution in [0.5, 0.6) is 0 Å². The van der Waals surface area contributed by atoms with Crippen LogP contribution >= 0.6 is 23.2 Å². The molecular formula is C14H13Cl2N5O2. The molecule has 0 bridgehead atoms. The Morgan fingerprint density at radius 1 is 1.35 bits per heavy atom. The van der Waals surface area contributed by atoms with E-state index in [0.717, 1.165) is 6.54 Å². The van der Waals surface area contributed by atoms with Crippen molar-refractivity contribution in [1.29, 1.82) is 0 Å². The summed E-state index contributed by atoms with van der Waals surface area (Å²) in [4.78, 5) is 16.6. The Balaban J connectivity index is 1.91. The highest BCUT2D eigenvalue weighted by Crippen LogP contribution is 2.36. The third-order valence-corrected chi connectivity index (χ3v) is 3.89. The molecule has 0 spiro atoms. The number of benzene rings is 1. The molecule has 120 valence electrons. The van der Waals surface area contributed by atoms with Crippen molar-refractivity contribution in [2.75, 3.05) is 13.1 Å². The summed E-state index contributed by atoms with van der Waals surface area (Å²) in [7, 11) is 0. The number of hydrogen-bond acceptors (Lipinski definition) is 6. The maximum atomic E-state index is 12.5. The van der Waals surface area contributed by atoms with Gasteiger partial charge in [0.1, 0.15) is 17.0 Å². The van der Waals surface area contributed by atoms with Crippen LogP contribution in [0.3, 0.4) is 0 Å². The van der Waals surface area contributed by atoms with Crippen LogP contribution in [0.15, 0.2) is 27.7 Å². The number of hydrogen-bond donors (Lipinski definition) is 3. The topological polar surface area (TPSA) is 91.5 Å². The Kier molecular flexibility index (Phi) is 4.40. The molecule has 0 unspecified atom stereocenters. The molecule has 23 heavy (non-hydrogen) atoms. The molecule has 1 aliphatic rings. The van der Waals surface area contributed by atoms with Gasteiger partial charge in [0, 0.05) is 12.1 Å². The fourth-order valence-corrected chi connectivity index (χ4v) is 2.77. The quantitative estimate of drug-likeness (QED) is 0.719. The maximum Gasteiger partial charge on any atom is 0.275 e. The standard InChI is InChI=1S/C14H13Cl2N5O2/c1-7-10(13(22)19-20-14-17-5-6-18-14)12(21-23-7)11-8(15)3-2-4-9(11)16/h2-4H,5-6H2,1H3,(H,19,22)(H2,17,18,20). The zero-order valence-electron chi connectivity index (χ0n) is 12.1. The van der Waals surface area contributed by atoms with Gasteiger partial charge in [-0.25, -0.2) is 0 Å². The van der Waals surface area contributed by atoms with Crippen LogP contribution in [0, 0.1) is 6.92 Å². The van der Waals surface area contributed by atoms with Crippen LogP contribution in [-0.4, -0.2) is 30.1 Å². The van der Waals surface area contributed by atoms with Crippen molar-refractivity contribution in [3.05, 3.63) is 39.6 Å². The summed E-state index contributed by atoms with van der Waals surface area (Å²) in [6, 6.07) is 5.06. The summed E-state index contributed by atoms with van der Waals surface area (Å²) >= 11 is 12.4. The normalized spacial score (nSPS) is 13.4. The third-order valence-electron chi connectivity index (χ3n) is 3.26. The van der Waals surface area contributed by atoms with Crippen molar-refractivity contribution in [2.45, 2.75) is 6.92 Å². The summed E-state index contributed by atoms with van der Waals surface area (Å²) in [5.74, 6) is 0.438. The molecule has 3 N–H and O–H groups in total. The number of hydrazine groups is 1. The summed E-state index contributed by atoms with van der Waals surface area (Å²) in [6.07, 6.45) is 0. The molecule has 0 radical (unpaired) electrons. The molecule has 9 heteroatoms. The van der Waals surface area contributed by atoms with E-state index in [1.807, 2.05) is 0 Å². The fourth-order valence-electron chi connectivity index (χ4n) is 2.19. The average molecular weight is 354 g/mol. The van der Waals surface area contributed by atoms with Crippen LogP contribution in [0.25, 0.3) is 11.3 Å². The number of nitrogens with one attached hydrogen (secondary N) is 3. The van der Waals surface area contributed by atoms with E-state index in [0.29, 0.717) is 39.6 Å². The van der Waals surface area contributed by atoms with Crippen LogP contribution in [0.4, 0.5) is 0 Å². The highest BCUT2D eigenvalue weighted by Gasteiger charge is 2.25. The molecule has 1 aliphatic heterocycles. The highest BCUT2D eigenvalue weighted by atomic mass is 35.5. The Bertz CT molecular complexity index is 767. The fraction of sp³-hybridized carbons (Fsp3) is 0.214. The van der Waals surface area contributed by atoms with E-state index in [1.54, 1.807) is 25.1 Å². The van der Waals surface area contributed by atoms with Crippen molar-refractivity contribution in [2.24, 2.45) is 4.99 Å². The number of rotatable bonds is 2. The van der Waals surface area contributed by atoms with Crippen molar-refractivity contribution in [3.8, 4) is 11.3 Å². The Morgan fingerprint density at radius 2 is 2.09 bits per heavy atom. The molecule has 1 aromatic carbocycles. The summed E-state index contributed by atoms with van der Waals surface area (Å²) in [5, 5.41) is 7.68. The van der Waals surface area contributed by atoms with Crippen LogP contribution in [-0.2, 0) is 0 Å². The van der Waals surface area contributed by atoms with Crippen molar-refractivity contribution in [3.63, 3.8) is 0 Å². The van der Waals surface area contributed by atoms with Crippen LogP contribution in [0.2, 0.25) is 10.0 Å². The first-order valence-corrected chi connectivity index (χ1v) is 7.59. The predicted octanol–water partition coefficient (Wildman–Crippen LogP) is 2.15. The van der Waals surface area contributed by atoms with Gasteiger partial charge in [0.2, 0.25) is 5.96 Å².